The fraction of sp³-hybridized carbons (Fsp3) is 0.400. The molecule has 0 spiro atoms. The molecule has 0 bridgehead atoms. The lowest BCUT2D eigenvalue weighted by molar-refractivity contribution is -0.151. The van der Waals surface area contributed by atoms with Crippen molar-refractivity contribution in [1.82, 2.24) is 0 Å². The Hall–Kier alpha value is -2.64. The highest BCUT2D eigenvalue weighted by Crippen LogP contribution is 2.20. The van der Waals surface area contributed by atoms with E-state index in [1.54, 1.807) is 24.3 Å². The third-order valence-electron chi connectivity index (χ3n) is 3.82. The lowest BCUT2D eigenvalue weighted by atomic mass is 10.1. The van der Waals surface area contributed by atoms with Crippen molar-refractivity contribution in [2.45, 2.75) is 31.5 Å². The molecular formula is C20H24O7. The van der Waals surface area contributed by atoms with Gasteiger partial charge in [-0.2, -0.15) is 0 Å². The van der Waals surface area contributed by atoms with Crippen molar-refractivity contribution in [3.8, 4) is 5.75 Å². The summed E-state index contributed by atoms with van der Waals surface area (Å²) in [4.78, 5) is 23.7. The zero-order valence-corrected chi connectivity index (χ0v) is 15.1. The maximum atomic E-state index is 11.9. The Balaban J connectivity index is 1.65. The van der Waals surface area contributed by atoms with Gasteiger partial charge in [-0.15, -0.1) is 0 Å². The average Bonchev–Trinajstić information content (AvgIpc) is 3.18. The topological polar surface area (TPSA) is 91.3 Å². The minimum Gasteiger partial charge on any atom is -0.491 e. The van der Waals surface area contributed by atoms with Gasteiger partial charge in [0.1, 0.15) is 25.1 Å². The molecule has 1 aromatic rings. The van der Waals surface area contributed by atoms with E-state index in [1.165, 1.54) is 0 Å². The van der Waals surface area contributed by atoms with Crippen LogP contribution < -0.4 is 4.74 Å². The Morgan fingerprint density at radius 1 is 1.19 bits per heavy atom. The summed E-state index contributed by atoms with van der Waals surface area (Å²) in [5.41, 5.74) is 0.201. The maximum Gasteiger partial charge on any atom is 0.373 e. The van der Waals surface area contributed by atoms with Gasteiger partial charge in [0.05, 0.1) is 6.10 Å². The zero-order chi connectivity index (χ0) is 19.6. The van der Waals surface area contributed by atoms with Gasteiger partial charge in [0.2, 0.25) is 5.76 Å². The first kappa shape index (κ1) is 20.7. The second kappa shape index (κ2) is 10.5. The van der Waals surface area contributed by atoms with E-state index < -0.39 is 23.8 Å². The quantitative estimate of drug-likeness (QED) is 0.380. The van der Waals surface area contributed by atoms with Gasteiger partial charge in [0, 0.05) is 18.6 Å². The summed E-state index contributed by atoms with van der Waals surface area (Å²) in [6, 6.07) is 8.92. The predicted molar refractivity (Wildman–Crippen MR) is 96.9 cm³/mol. The van der Waals surface area contributed by atoms with Crippen LogP contribution in [0.5, 0.6) is 5.75 Å². The Morgan fingerprint density at radius 2 is 1.93 bits per heavy atom. The first-order valence-electron chi connectivity index (χ1n) is 8.69. The van der Waals surface area contributed by atoms with Crippen molar-refractivity contribution in [2.75, 3.05) is 19.8 Å². The van der Waals surface area contributed by atoms with Crippen LogP contribution in [0.25, 0.3) is 0 Å². The molecule has 0 aromatic heterocycles. The minimum atomic E-state index is -1.04. The van der Waals surface area contributed by atoms with Gasteiger partial charge in [-0.1, -0.05) is 24.8 Å². The molecule has 1 N–H and O–H groups in total. The Kier molecular flexibility index (Phi) is 8.03. The molecule has 7 nitrogen and oxygen atoms in total. The van der Waals surface area contributed by atoms with E-state index in [2.05, 4.69) is 13.2 Å². The van der Waals surface area contributed by atoms with Crippen LogP contribution >= 0.6 is 0 Å². The molecule has 2 unspecified atom stereocenters. The van der Waals surface area contributed by atoms with Crippen LogP contribution in [-0.2, 0) is 23.8 Å². The summed E-state index contributed by atoms with van der Waals surface area (Å²) in [6.45, 7) is 7.33. The highest BCUT2D eigenvalue weighted by molar-refractivity contribution is 5.94. The number of benzene rings is 1. The van der Waals surface area contributed by atoms with Crippen molar-refractivity contribution < 1.29 is 33.6 Å². The molecule has 2 atom stereocenters. The lowest BCUT2D eigenvalue weighted by Crippen LogP contribution is -2.26. The molecule has 2 rings (SSSR count). The molecule has 1 heterocycles. The molecule has 1 aliphatic rings. The van der Waals surface area contributed by atoms with Crippen LogP contribution in [0.3, 0.4) is 0 Å². The van der Waals surface area contributed by atoms with Crippen LogP contribution in [-0.4, -0.2) is 49.1 Å². The van der Waals surface area contributed by atoms with E-state index in [-0.39, 0.29) is 24.9 Å². The molecule has 1 aromatic carbocycles. The predicted octanol–water partition coefficient (Wildman–Crippen LogP) is 2.15. The van der Waals surface area contributed by atoms with E-state index in [0.29, 0.717) is 18.8 Å². The number of hydrogen-bond acceptors (Lipinski definition) is 7. The van der Waals surface area contributed by atoms with Crippen LogP contribution in [0.15, 0.2) is 54.8 Å². The maximum absolute atomic E-state index is 11.9. The largest absolute Gasteiger partial charge is 0.491 e. The number of carbonyl (C=O) groups is 2. The number of para-hydroxylation sites is 1. The molecule has 146 valence electrons. The molecule has 0 aliphatic carbocycles. The van der Waals surface area contributed by atoms with Crippen molar-refractivity contribution in [2.24, 2.45) is 0 Å². The number of esters is 2. The van der Waals surface area contributed by atoms with Gasteiger partial charge in [0.15, 0.2) is 0 Å². The van der Waals surface area contributed by atoms with Crippen molar-refractivity contribution in [3.05, 3.63) is 54.8 Å². The van der Waals surface area contributed by atoms with E-state index in [4.69, 9.17) is 18.9 Å². The second-order valence-corrected chi connectivity index (χ2v) is 6.13. The number of rotatable bonds is 10. The number of ether oxygens (including phenoxy) is 4. The van der Waals surface area contributed by atoms with Crippen LogP contribution in [0.4, 0.5) is 0 Å². The van der Waals surface area contributed by atoms with Crippen LogP contribution in [0.1, 0.15) is 19.3 Å². The Bertz CT molecular complexity index is 662. The third-order valence-corrected chi connectivity index (χ3v) is 3.82. The SMILES string of the molecule is C=C(CC1CCCO1)C(=O)OC(=C)C(=O)OCC(O)COc1ccccc1. The molecule has 0 radical (unpaired) electrons. The number of aliphatic hydroxyl groups is 1. The average molecular weight is 376 g/mol. The van der Waals surface area contributed by atoms with E-state index in [1.807, 2.05) is 6.07 Å². The number of aliphatic hydroxyl groups excluding tert-OH is 1. The fourth-order valence-electron chi connectivity index (χ4n) is 2.40. The Labute approximate surface area is 158 Å². The fourth-order valence-corrected chi connectivity index (χ4v) is 2.40. The van der Waals surface area contributed by atoms with Crippen molar-refractivity contribution in [3.63, 3.8) is 0 Å². The van der Waals surface area contributed by atoms with Crippen molar-refractivity contribution >= 4 is 11.9 Å². The first-order valence-corrected chi connectivity index (χ1v) is 8.69. The van der Waals surface area contributed by atoms with Gasteiger partial charge >= 0.3 is 11.9 Å². The van der Waals surface area contributed by atoms with Crippen molar-refractivity contribution in [1.29, 1.82) is 0 Å². The molecule has 0 saturated carbocycles. The summed E-state index contributed by atoms with van der Waals surface area (Å²) in [7, 11) is 0. The minimum absolute atomic E-state index is 0.0509. The van der Waals surface area contributed by atoms with E-state index >= 15 is 0 Å². The second-order valence-electron chi connectivity index (χ2n) is 6.13. The zero-order valence-electron chi connectivity index (χ0n) is 15.1. The van der Waals surface area contributed by atoms with E-state index in [9.17, 15) is 14.7 Å². The van der Waals surface area contributed by atoms with Gasteiger partial charge in [-0.05, 0) is 31.6 Å². The highest BCUT2D eigenvalue weighted by atomic mass is 16.6. The van der Waals surface area contributed by atoms with Crippen LogP contribution in [0, 0.1) is 0 Å². The molecule has 27 heavy (non-hydrogen) atoms. The van der Waals surface area contributed by atoms with Gasteiger partial charge in [-0.3, -0.25) is 0 Å². The summed E-state index contributed by atoms with van der Waals surface area (Å²) in [6.07, 6.45) is 1.06. The molecule has 7 heteroatoms. The monoisotopic (exact) mass is 376 g/mol. The Morgan fingerprint density at radius 3 is 2.59 bits per heavy atom. The molecule has 1 fully saturated rings. The summed E-state index contributed by atoms with van der Waals surface area (Å²) < 4.78 is 20.5. The van der Waals surface area contributed by atoms with Crippen LogP contribution in [0.2, 0.25) is 0 Å². The number of hydrogen-bond donors (Lipinski definition) is 1. The van der Waals surface area contributed by atoms with Gasteiger partial charge in [-0.25, -0.2) is 9.59 Å². The van der Waals surface area contributed by atoms with Gasteiger partial charge in [0.25, 0.3) is 0 Å². The highest BCUT2D eigenvalue weighted by Gasteiger charge is 2.23. The lowest BCUT2D eigenvalue weighted by Gasteiger charge is -2.14. The third kappa shape index (κ3) is 7.24. The summed E-state index contributed by atoms with van der Waals surface area (Å²) in [5.74, 6) is -1.57. The molecule has 1 saturated heterocycles. The molecule has 0 amide bonds. The molecular weight excluding hydrogens is 352 g/mol. The smallest absolute Gasteiger partial charge is 0.373 e. The standard InChI is InChI=1S/C20H24O7/c1-14(11-18-9-6-10-24-18)19(22)27-15(2)20(23)26-13-16(21)12-25-17-7-4-3-5-8-17/h3-5,7-8,16,18,21H,1-2,6,9-13H2. The summed E-state index contributed by atoms with van der Waals surface area (Å²) >= 11 is 0. The van der Waals surface area contributed by atoms with Gasteiger partial charge < -0.3 is 24.1 Å². The number of carbonyl (C=O) groups excluding carboxylic acids is 2. The molecule has 1 aliphatic heterocycles. The first-order chi connectivity index (χ1) is 13.0. The normalized spacial score (nSPS) is 17.0. The summed E-state index contributed by atoms with van der Waals surface area (Å²) in [5, 5.41) is 9.80. The van der Waals surface area contributed by atoms with E-state index in [0.717, 1.165) is 12.8 Å².